The van der Waals surface area contributed by atoms with Crippen LogP contribution in [0.5, 0.6) is 0 Å². The maximum atomic E-state index is 14.2. The first-order chi connectivity index (χ1) is 9.59. The minimum atomic E-state index is -0.673. The van der Waals surface area contributed by atoms with Crippen molar-refractivity contribution < 1.29 is 13.9 Å². The van der Waals surface area contributed by atoms with Gasteiger partial charge >= 0.3 is 6.09 Å². The molecule has 1 saturated carbocycles. The van der Waals surface area contributed by atoms with Gasteiger partial charge in [-0.15, -0.1) is 0 Å². The van der Waals surface area contributed by atoms with Crippen molar-refractivity contribution >= 4 is 11.8 Å². The Balaban J connectivity index is 1.88. The molecule has 104 valence electrons. The molecule has 1 aliphatic heterocycles. The molecule has 1 aromatic carbocycles. The molecule has 5 nitrogen and oxygen atoms in total. The molecule has 2 N–H and O–H groups in total. The van der Waals surface area contributed by atoms with Gasteiger partial charge in [0.05, 0.1) is 23.7 Å². The minimum Gasteiger partial charge on any atom is -0.443 e. The first-order valence-electron chi connectivity index (χ1n) is 6.49. The molecule has 2 aliphatic rings. The number of anilines is 1. The number of benzene rings is 1. The van der Waals surface area contributed by atoms with Gasteiger partial charge in [-0.3, -0.25) is 4.90 Å². The van der Waals surface area contributed by atoms with Crippen LogP contribution in [0.25, 0.3) is 0 Å². The maximum Gasteiger partial charge on any atom is 0.414 e. The lowest BCUT2D eigenvalue weighted by Crippen LogP contribution is -2.27. The zero-order chi connectivity index (χ0) is 14.3. The Morgan fingerprint density at radius 2 is 2.30 bits per heavy atom. The number of nitrogens with two attached hydrogens (primary N) is 1. The van der Waals surface area contributed by atoms with Crippen molar-refractivity contribution in [3.63, 3.8) is 0 Å². The highest BCUT2D eigenvalue weighted by Gasteiger charge is 2.47. The highest BCUT2D eigenvalue weighted by atomic mass is 19.1. The van der Waals surface area contributed by atoms with Crippen molar-refractivity contribution in [2.24, 2.45) is 5.73 Å². The third-order valence-electron chi connectivity index (χ3n) is 3.88. The van der Waals surface area contributed by atoms with Gasteiger partial charge in [0, 0.05) is 12.1 Å². The number of nitrogens with zero attached hydrogens (tertiary/aromatic N) is 2. The van der Waals surface area contributed by atoms with E-state index in [-0.39, 0.29) is 12.6 Å². The fraction of sp³-hybridized carbons (Fsp3) is 0.429. The average Bonchev–Trinajstić information content (AvgIpc) is 3.15. The quantitative estimate of drug-likeness (QED) is 0.910. The molecule has 0 spiro atoms. The molecular weight excluding hydrogens is 261 g/mol. The van der Waals surface area contributed by atoms with Gasteiger partial charge in [0.2, 0.25) is 0 Å². The molecule has 1 saturated heterocycles. The second kappa shape index (κ2) is 4.46. The minimum absolute atomic E-state index is 0.236. The smallest absolute Gasteiger partial charge is 0.414 e. The molecular formula is C14H14FN3O2. The summed E-state index contributed by atoms with van der Waals surface area (Å²) in [6.45, 7) is 0.553. The monoisotopic (exact) mass is 275 g/mol. The van der Waals surface area contributed by atoms with Crippen molar-refractivity contribution in [1.29, 1.82) is 5.26 Å². The highest BCUT2D eigenvalue weighted by molar-refractivity contribution is 5.89. The molecule has 0 aromatic heterocycles. The van der Waals surface area contributed by atoms with Crippen LogP contribution in [0.15, 0.2) is 18.2 Å². The Labute approximate surface area is 115 Å². The van der Waals surface area contributed by atoms with E-state index in [0.29, 0.717) is 30.6 Å². The van der Waals surface area contributed by atoms with Gasteiger partial charge in [0.15, 0.2) is 0 Å². The fourth-order valence-electron chi connectivity index (χ4n) is 2.48. The van der Waals surface area contributed by atoms with E-state index < -0.39 is 17.3 Å². The van der Waals surface area contributed by atoms with E-state index >= 15 is 0 Å². The Bertz CT molecular complexity index is 607. The summed E-state index contributed by atoms with van der Waals surface area (Å²) in [5.74, 6) is -0.453. The second-order valence-electron chi connectivity index (χ2n) is 5.21. The molecule has 1 amide bonds. The van der Waals surface area contributed by atoms with E-state index in [0.717, 1.165) is 0 Å². The van der Waals surface area contributed by atoms with Gasteiger partial charge in [0.1, 0.15) is 11.9 Å². The summed E-state index contributed by atoms with van der Waals surface area (Å²) in [6, 6.07) is 6.68. The summed E-state index contributed by atoms with van der Waals surface area (Å²) in [4.78, 5) is 13.0. The van der Waals surface area contributed by atoms with E-state index in [2.05, 4.69) is 6.07 Å². The largest absolute Gasteiger partial charge is 0.443 e. The van der Waals surface area contributed by atoms with Gasteiger partial charge in [-0.05, 0) is 25.0 Å². The Morgan fingerprint density at radius 3 is 2.80 bits per heavy atom. The van der Waals surface area contributed by atoms with E-state index in [1.165, 1.54) is 11.0 Å². The van der Waals surface area contributed by atoms with Crippen LogP contribution in [0.3, 0.4) is 0 Å². The van der Waals surface area contributed by atoms with Crippen molar-refractivity contribution in [3.05, 3.63) is 29.6 Å². The molecule has 0 bridgehead atoms. The first-order valence-corrected chi connectivity index (χ1v) is 6.49. The van der Waals surface area contributed by atoms with E-state index in [4.69, 9.17) is 15.7 Å². The standard InChI is InChI=1S/C14H14FN3O2/c15-12-5-9(18-7-10(6-16)20-13(18)19)1-2-11(12)14(8-17)3-4-14/h1-2,5,10H,3-4,6-7,16H2/t10-/m0/s1. The van der Waals surface area contributed by atoms with Crippen LogP contribution in [0.4, 0.5) is 14.9 Å². The van der Waals surface area contributed by atoms with Gasteiger partial charge in [0.25, 0.3) is 0 Å². The number of hydrogen-bond acceptors (Lipinski definition) is 4. The number of nitriles is 1. The summed E-state index contributed by atoms with van der Waals surface area (Å²) in [7, 11) is 0. The molecule has 1 heterocycles. The SMILES string of the molecule is N#CC1(c2ccc(N3C[C@H](CN)OC3=O)cc2F)CC1. The zero-order valence-corrected chi connectivity index (χ0v) is 10.8. The summed E-state index contributed by atoms with van der Waals surface area (Å²) in [5.41, 5.74) is 5.63. The number of carbonyl (C=O) groups excluding carboxylic acids is 1. The number of carbonyl (C=O) groups is 1. The molecule has 0 radical (unpaired) electrons. The number of cyclic esters (lactones) is 1. The normalized spacial score (nSPS) is 23.4. The fourth-order valence-corrected chi connectivity index (χ4v) is 2.48. The third kappa shape index (κ3) is 1.91. The van der Waals surface area contributed by atoms with Gasteiger partial charge in [-0.25, -0.2) is 9.18 Å². The van der Waals surface area contributed by atoms with Crippen LogP contribution >= 0.6 is 0 Å². The highest BCUT2D eigenvalue weighted by Crippen LogP contribution is 2.48. The number of halogens is 1. The lowest BCUT2D eigenvalue weighted by Gasteiger charge is -2.15. The predicted molar refractivity (Wildman–Crippen MR) is 69.6 cm³/mol. The van der Waals surface area contributed by atoms with Crippen LogP contribution in [0, 0.1) is 17.1 Å². The zero-order valence-electron chi connectivity index (χ0n) is 10.8. The second-order valence-corrected chi connectivity index (χ2v) is 5.21. The lowest BCUT2D eigenvalue weighted by molar-refractivity contribution is 0.145. The van der Waals surface area contributed by atoms with Crippen LogP contribution < -0.4 is 10.6 Å². The molecule has 1 aliphatic carbocycles. The molecule has 1 atom stereocenters. The van der Waals surface area contributed by atoms with Crippen molar-refractivity contribution in [2.75, 3.05) is 18.0 Å². The molecule has 1 aromatic rings. The first kappa shape index (κ1) is 12.9. The number of rotatable bonds is 3. The number of ether oxygens (including phenoxy) is 1. The van der Waals surface area contributed by atoms with Crippen LogP contribution in [0.1, 0.15) is 18.4 Å². The molecule has 3 rings (SSSR count). The van der Waals surface area contributed by atoms with Gasteiger partial charge < -0.3 is 10.5 Å². The van der Waals surface area contributed by atoms with Crippen LogP contribution in [-0.2, 0) is 10.2 Å². The molecule has 20 heavy (non-hydrogen) atoms. The summed E-state index contributed by atoms with van der Waals surface area (Å²) < 4.78 is 19.2. The Hall–Kier alpha value is -2.13. The van der Waals surface area contributed by atoms with E-state index in [9.17, 15) is 9.18 Å². The van der Waals surface area contributed by atoms with E-state index in [1.54, 1.807) is 12.1 Å². The number of amides is 1. The lowest BCUT2D eigenvalue weighted by atomic mass is 9.97. The Kier molecular flexibility index (Phi) is 2.87. The van der Waals surface area contributed by atoms with Crippen molar-refractivity contribution in [3.8, 4) is 6.07 Å². The molecule has 0 unspecified atom stereocenters. The molecule has 2 fully saturated rings. The van der Waals surface area contributed by atoms with Gasteiger partial charge in [-0.2, -0.15) is 5.26 Å². The topological polar surface area (TPSA) is 79.3 Å². The van der Waals surface area contributed by atoms with Gasteiger partial charge in [-0.1, -0.05) is 6.07 Å². The maximum absolute atomic E-state index is 14.2. The molecule has 6 heteroatoms. The van der Waals surface area contributed by atoms with Crippen LogP contribution in [0.2, 0.25) is 0 Å². The predicted octanol–water partition coefficient (Wildman–Crippen LogP) is 1.66. The summed E-state index contributed by atoms with van der Waals surface area (Å²) in [5, 5.41) is 9.11. The number of hydrogen-bond donors (Lipinski definition) is 1. The third-order valence-corrected chi connectivity index (χ3v) is 3.88. The Morgan fingerprint density at radius 1 is 1.55 bits per heavy atom. The summed E-state index contributed by atoms with van der Waals surface area (Å²) in [6.07, 6.45) is 0.481. The van der Waals surface area contributed by atoms with Crippen molar-refractivity contribution in [2.45, 2.75) is 24.4 Å². The summed E-state index contributed by atoms with van der Waals surface area (Å²) >= 11 is 0. The average molecular weight is 275 g/mol. The van der Waals surface area contributed by atoms with E-state index in [1.807, 2.05) is 0 Å². The van der Waals surface area contributed by atoms with Crippen molar-refractivity contribution in [1.82, 2.24) is 0 Å². The van der Waals surface area contributed by atoms with Crippen LogP contribution in [-0.4, -0.2) is 25.3 Å².